The third-order valence-electron chi connectivity index (χ3n) is 3.90. The predicted molar refractivity (Wildman–Crippen MR) is 118 cm³/mol. The number of thiocarbonyl (C=S) groups is 1. The molecule has 2 N–H and O–H groups in total. The fourth-order valence-corrected chi connectivity index (χ4v) is 2.88. The number of aromatic nitrogens is 1. The van der Waals surface area contributed by atoms with Crippen LogP contribution in [0.5, 0.6) is 11.5 Å². The maximum absolute atomic E-state index is 12.6. The Balaban J connectivity index is 1.64. The summed E-state index contributed by atoms with van der Waals surface area (Å²) in [5.41, 5.74) is 1.89. The van der Waals surface area contributed by atoms with Gasteiger partial charge in [-0.2, -0.15) is 0 Å². The van der Waals surface area contributed by atoms with Crippen LogP contribution < -0.4 is 15.4 Å². The van der Waals surface area contributed by atoms with Gasteiger partial charge < -0.3 is 15.0 Å². The third kappa shape index (κ3) is 6.10. The number of hydrogen-bond acceptors (Lipinski definition) is 5. The Kier molecular flexibility index (Phi) is 6.89. The van der Waals surface area contributed by atoms with E-state index in [1.807, 2.05) is 73.6 Å². The highest BCUT2D eigenvalue weighted by Crippen LogP contribution is 2.23. The Hall–Kier alpha value is -3.29. The van der Waals surface area contributed by atoms with E-state index in [1.165, 1.54) is 0 Å². The first-order chi connectivity index (χ1) is 14.0. The lowest BCUT2D eigenvalue weighted by Gasteiger charge is -2.14. The second-order valence-electron chi connectivity index (χ2n) is 6.59. The van der Waals surface area contributed by atoms with Gasteiger partial charge in [-0.05, 0) is 62.7 Å². The average Bonchev–Trinajstić information content (AvgIpc) is 2.69. The van der Waals surface area contributed by atoms with E-state index in [2.05, 4.69) is 15.6 Å². The molecule has 0 fully saturated rings. The van der Waals surface area contributed by atoms with Gasteiger partial charge in [-0.3, -0.25) is 15.1 Å². The van der Waals surface area contributed by atoms with Crippen molar-refractivity contribution in [1.82, 2.24) is 15.2 Å². The van der Waals surface area contributed by atoms with E-state index < -0.39 is 0 Å². The monoisotopic (exact) mass is 406 g/mol. The van der Waals surface area contributed by atoms with Crippen molar-refractivity contribution >= 4 is 28.9 Å². The molecule has 1 amide bonds. The number of nitrogens with one attached hydrogen (secondary N) is 2. The zero-order chi connectivity index (χ0) is 20.6. The minimum absolute atomic E-state index is 0.200. The largest absolute Gasteiger partial charge is 0.457 e. The number of benzene rings is 2. The van der Waals surface area contributed by atoms with Crippen molar-refractivity contribution in [2.45, 2.75) is 6.54 Å². The lowest BCUT2D eigenvalue weighted by molar-refractivity contribution is 0.0975. The second-order valence-corrected chi connectivity index (χ2v) is 6.99. The summed E-state index contributed by atoms with van der Waals surface area (Å²) in [6, 6.07) is 20.3. The van der Waals surface area contributed by atoms with Crippen LogP contribution in [-0.2, 0) is 6.54 Å². The minimum atomic E-state index is -0.302. The number of carbonyl (C=O) groups excluding carboxylic acids is 1. The van der Waals surface area contributed by atoms with Crippen molar-refractivity contribution in [2.75, 3.05) is 19.4 Å². The van der Waals surface area contributed by atoms with Crippen LogP contribution in [-0.4, -0.2) is 35.0 Å². The zero-order valence-corrected chi connectivity index (χ0v) is 17.1. The van der Waals surface area contributed by atoms with Crippen LogP contribution in [0.2, 0.25) is 0 Å². The number of pyridine rings is 1. The van der Waals surface area contributed by atoms with Gasteiger partial charge in [-0.1, -0.05) is 24.3 Å². The summed E-state index contributed by atoms with van der Waals surface area (Å²) in [5.74, 6) is 1.10. The number of hydrogen-bond donors (Lipinski definition) is 2. The molecule has 148 valence electrons. The highest BCUT2D eigenvalue weighted by Gasteiger charge is 2.14. The molecule has 0 aliphatic carbocycles. The summed E-state index contributed by atoms with van der Waals surface area (Å²) < 4.78 is 5.82. The van der Waals surface area contributed by atoms with E-state index in [1.54, 1.807) is 18.3 Å². The molecule has 0 aliphatic heterocycles. The van der Waals surface area contributed by atoms with E-state index in [0.717, 1.165) is 5.75 Å². The summed E-state index contributed by atoms with van der Waals surface area (Å²) >= 11 is 5.30. The van der Waals surface area contributed by atoms with Gasteiger partial charge in [0.05, 0.1) is 11.3 Å². The molecule has 0 bridgehead atoms. The average molecular weight is 407 g/mol. The molecular formula is C22H22N4O2S. The van der Waals surface area contributed by atoms with E-state index in [9.17, 15) is 4.79 Å². The van der Waals surface area contributed by atoms with Crippen LogP contribution >= 0.6 is 12.2 Å². The van der Waals surface area contributed by atoms with Crippen LogP contribution in [0, 0.1) is 0 Å². The van der Waals surface area contributed by atoms with Crippen molar-refractivity contribution < 1.29 is 9.53 Å². The maximum atomic E-state index is 12.6. The molecule has 7 heteroatoms. The van der Waals surface area contributed by atoms with Crippen LogP contribution in [0.4, 0.5) is 5.69 Å². The highest BCUT2D eigenvalue weighted by molar-refractivity contribution is 7.80. The Morgan fingerprint density at radius 1 is 1.03 bits per heavy atom. The molecule has 3 aromatic rings. The summed E-state index contributed by atoms with van der Waals surface area (Å²) in [5, 5.41) is 5.93. The fraction of sp³-hybridized carbons (Fsp3) is 0.136. The Labute approximate surface area is 175 Å². The number of rotatable bonds is 6. The van der Waals surface area contributed by atoms with E-state index in [0.29, 0.717) is 29.2 Å². The summed E-state index contributed by atoms with van der Waals surface area (Å²) in [4.78, 5) is 18.9. The summed E-state index contributed by atoms with van der Waals surface area (Å²) in [6.07, 6.45) is 1.67. The van der Waals surface area contributed by atoms with Crippen molar-refractivity contribution in [3.05, 3.63) is 84.2 Å². The summed E-state index contributed by atoms with van der Waals surface area (Å²) in [6.45, 7) is 0.558. The molecule has 0 atom stereocenters. The van der Waals surface area contributed by atoms with Crippen molar-refractivity contribution in [3.63, 3.8) is 0 Å². The van der Waals surface area contributed by atoms with Crippen molar-refractivity contribution in [2.24, 2.45) is 0 Å². The first-order valence-electron chi connectivity index (χ1n) is 9.05. The van der Waals surface area contributed by atoms with Gasteiger partial charge in [0.2, 0.25) is 0 Å². The number of carbonyl (C=O) groups is 1. The Morgan fingerprint density at radius 2 is 1.79 bits per heavy atom. The van der Waals surface area contributed by atoms with Gasteiger partial charge >= 0.3 is 0 Å². The minimum Gasteiger partial charge on any atom is -0.457 e. The Bertz CT molecular complexity index is 993. The normalized spacial score (nSPS) is 10.4. The molecule has 0 saturated carbocycles. The number of para-hydroxylation sites is 1. The standard InChI is InChI=1S/C22H22N4O2S/c1-26(2)15-20-19(12-7-13-23-20)21(27)25-22(29)24-16-8-6-11-18(14-16)28-17-9-4-3-5-10-17/h3-14H,15H2,1-2H3,(H2,24,25,27,29). The van der Waals surface area contributed by atoms with Crippen molar-refractivity contribution in [1.29, 1.82) is 0 Å². The molecule has 2 aromatic carbocycles. The number of ether oxygens (including phenoxy) is 1. The third-order valence-corrected chi connectivity index (χ3v) is 4.10. The molecule has 0 radical (unpaired) electrons. The molecule has 0 spiro atoms. The molecule has 3 rings (SSSR count). The quantitative estimate of drug-likeness (QED) is 0.602. The van der Waals surface area contributed by atoms with Gasteiger partial charge in [-0.15, -0.1) is 0 Å². The number of amides is 1. The van der Waals surface area contributed by atoms with Gasteiger partial charge in [0.1, 0.15) is 11.5 Å². The number of anilines is 1. The van der Waals surface area contributed by atoms with Crippen LogP contribution in [0.25, 0.3) is 0 Å². The summed E-state index contributed by atoms with van der Waals surface area (Å²) in [7, 11) is 3.85. The molecule has 1 heterocycles. The lowest BCUT2D eigenvalue weighted by atomic mass is 10.1. The van der Waals surface area contributed by atoms with Crippen LogP contribution in [0.1, 0.15) is 16.1 Å². The van der Waals surface area contributed by atoms with Crippen molar-refractivity contribution in [3.8, 4) is 11.5 Å². The predicted octanol–water partition coefficient (Wildman–Crippen LogP) is 4.06. The molecular weight excluding hydrogens is 384 g/mol. The number of nitrogens with zero attached hydrogens (tertiary/aromatic N) is 2. The first-order valence-corrected chi connectivity index (χ1v) is 9.46. The van der Waals surface area contributed by atoms with E-state index >= 15 is 0 Å². The molecule has 0 unspecified atom stereocenters. The van der Waals surface area contributed by atoms with E-state index in [4.69, 9.17) is 17.0 Å². The smallest absolute Gasteiger partial charge is 0.259 e. The molecule has 1 aromatic heterocycles. The molecule has 29 heavy (non-hydrogen) atoms. The van der Waals surface area contributed by atoms with Gasteiger partial charge in [0.15, 0.2) is 5.11 Å². The lowest BCUT2D eigenvalue weighted by Crippen LogP contribution is -2.35. The second kappa shape index (κ2) is 9.77. The molecule has 6 nitrogen and oxygen atoms in total. The van der Waals surface area contributed by atoms with E-state index in [-0.39, 0.29) is 11.0 Å². The van der Waals surface area contributed by atoms with Gasteiger partial charge in [0.25, 0.3) is 5.91 Å². The Morgan fingerprint density at radius 3 is 2.55 bits per heavy atom. The van der Waals surface area contributed by atoms with Gasteiger partial charge in [-0.25, -0.2) is 0 Å². The SMILES string of the molecule is CN(C)Cc1ncccc1C(=O)NC(=S)Nc1cccc(Oc2ccccc2)c1. The zero-order valence-electron chi connectivity index (χ0n) is 16.3. The first kappa shape index (κ1) is 20.4. The van der Waals surface area contributed by atoms with Gasteiger partial charge in [0, 0.05) is 24.5 Å². The maximum Gasteiger partial charge on any atom is 0.259 e. The fourth-order valence-electron chi connectivity index (χ4n) is 2.67. The highest BCUT2D eigenvalue weighted by atomic mass is 32.1. The topological polar surface area (TPSA) is 66.5 Å². The van der Waals surface area contributed by atoms with Crippen LogP contribution in [0.15, 0.2) is 72.9 Å². The molecule has 0 aliphatic rings. The van der Waals surface area contributed by atoms with Crippen LogP contribution in [0.3, 0.4) is 0 Å². The molecule has 0 saturated heterocycles.